The number of nitrogens with one attached hydrogen (secondary N) is 1. The molecule has 2 N–H and O–H groups in total. The summed E-state index contributed by atoms with van der Waals surface area (Å²) in [6.45, 7) is 1.92. The summed E-state index contributed by atoms with van der Waals surface area (Å²) in [4.78, 5) is 35.7. The molecule has 2 aromatic rings. The Balaban J connectivity index is 1.53. The van der Waals surface area contributed by atoms with Crippen LogP contribution in [0.2, 0.25) is 0 Å². The fraction of sp³-hybridized carbons (Fsp3) is 0.211. The van der Waals surface area contributed by atoms with Crippen molar-refractivity contribution < 1.29 is 33.7 Å². The highest BCUT2D eigenvalue weighted by Crippen LogP contribution is 2.47. The van der Waals surface area contributed by atoms with Crippen LogP contribution in [0.5, 0.6) is 23.0 Å². The summed E-state index contributed by atoms with van der Waals surface area (Å²) < 4.78 is 16.8. The third kappa shape index (κ3) is 3.29. The van der Waals surface area contributed by atoms with Crippen molar-refractivity contribution in [3.05, 3.63) is 42.0 Å². The Morgan fingerprint density at radius 1 is 1.11 bits per heavy atom. The van der Waals surface area contributed by atoms with Crippen molar-refractivity contribution in [1.82, 2.24) is 5.32 Å². The van der Waals surface area contributed by atoms with E-state index in [9.17, 15) is 14.4 Å². The van der Waals surface area contributed by atoms with Crippen molar-refractivity contribution >= 4 is 23.7 Å². The van der Waals surface area contributed by atoms with E-state index < -0.39 is 18.2 Å². The molecule has 1 fully saturated rings. The number of ether oxygens (including phenoxy) is 3. The summed E-state index contributed by atoms with van der Waals surface area (Å²) in [6, 6.07) is 9.28. The number of cyclic esters (lactones) is 1. The molecule has 144 valence electrons. The summed E-state index contributed by atoms with van der Waals surface area (Å²) in [7, 11) is 0. The van der Waals surface area contributed by atoms with E-state index in [1.165, 1.54) is 30.0 Å². The summed E-state index contributed by atoms with van der Waals surface area (Å²) in [5.74, 6) is 0.220. The number of carbonyl (C=O) groups excluding carboxylic acids is 2. The molecule has 0 bridgehead atoms. The van der Waals surface area contributed by atoms with Crippen LogP contribution in [0.1, 0.15) is 17.3 Å². The lowest BCUT2D eigenvalue weighted by molar-refractivity contribution is -0.119. The summed E-state index contributed by atoms with van der Waals surface area (Å²) in [5, 5.41) is 11.7. The molecule has 0 saturated carbocycles. The highest BCUT2D eigenvalue weighted by Gasteiger charge is 2.33. The molecular weight excluding hydrogens is 368 g/mol. The summed E-state index contributed by atoms with van der Waals surface area (Å²) in [6.07, 6.45) is -0.960. The van der Waals surface area contributed by atoms with Gasteiger partial charge in [0.25, 0.3) is 0 Å². The topological polar surface area (TPSA) is 114 Å². The Morgan fingerprint density at radius 3 is 2.46 bits per heavy atom. The van der Waals surface area contributed by atoms with Crippen LogP contribution in [0, 0.1) is 0 Å². The van der Waals surface area contributed by atoms with Gasteiger partial charge in [0.15, 0.2) is 23.0 Å². The molecule has 0 radical (unpaired) electrons. The summed E-state index contributed by atoms with van der Waals surface area (Å²) in [5.41, 5.74) is 0.649. The number of amides is 2. The van der Waals surface area contributed by atoms with Gasteiger partial charge in [-0.05, 0) is 30.3 Å². The Kier molecular flexibility index (Phi) is 4.26. The SMILES string of the molecule is CC(=O)NC[C@H]1CN(c2ccc3c(c2)Oc2ccc(C(=O)O)cc2O3)C(=O)O1. The molecule has 9 heteroatoms. The maximum atomic E-state index is 12.2. The maximum absolute atomic E-state index is 12.2. The van der Waals surface area contributed by atoms with Gasteiger partial charge in [-0.15, -0.1) is 0 Å². The molecule has 2 heterocycles. The number of benzene rings is 2. The first-order chi connectivity index (χ1) is 13.4. The second-order valence-corrected chi connectivity index (χ2v) is 6.36. The lowest BCUT2D eigenvalue weighted by atomic mass is 10.1. The Hall–Kier alpha value is -3.75. The van der Waals surface area contributed by atoms with Gasteiger partial charge in [-0.3, -0.25) is 9.69 Å². The van der Waals surface area contributed by atoms with Crippen molar-refractivity contribution in [2.75, 3.05) is 18.0 Å². The standard InChI is InChI=1S/C19H16N2O7/c1-10(22)20-8-13-9-21(19(25)26-13)12-3-5-15-17(7-12)28-14-4-2-11(18(23)24)6-16(14)27-15/h2-7,13H,8-9H2,1H3,(H,20,22)(H,23,24)/t13-/m0/s1. The first-order valence-electron chi connectivity index (χ1n) is 8.50. The second-order valence-electron chi connectivity index (χ2n) is 6.36. The molecule has 0 spiro atoms. The number of hydrogen-bond acceptors (Lipinski definition) is 6. The number of hydrogen-bond donors (Lipinski definition) is 2. The largest absolute Gasteiger partial charge is 0.478 e. The first kappa shape index (κ1) is 17.7. The van der Waals surface area contributed by atoms with E-state index in [-0.39, 0.29) is 24.6 Å². The van der Waals surface area contributed by atoms with Crippen LogP contribution in [0.25, 0.3) is 0 Å². The van der Waals surface area contributed by atoms with Gasteiger partial charge in [-0.2, -0.15) is 0 Å². The van der Waals surface area contributed by atoms with Crippen LogP contribution in [-0.4, -0.2) is 42.3 Å². The van der Waals surface area contributed by atoms with E-state index in [4.69, 9.17) is 19.3 Å². The van der Waals surface area contributed by atoms with E-state index >= 15 is 0 Å². The van der Waals surface area contributed by atoms with Crippen LogP contribution in [0.3, 0.4) is 0 Å². The van der Waals surface area contributed by atoms with Crippen molar-refractivity contribution in [2.24, 2.45) is 0 Å². The minimum atomic E-state index is -1.06. The van der Waals surface area contributed by atoms with Crippen molar-refractivity contribution in [1.29, 1.82) is 0 Å². The van der Waals surface area contributed by atoms with Crippen LogP contribution < -0.4 is 19.7 Å². The van der Waals surface area contributed by atoms with Gasteiger partial charge >= 0.3 is 12.1 Å². The number of carbonyl (C=O) groups is 3. The van der Waals surface area contributed by atoms with Crippen LogP contribution in [0.4, 0.5) is 10.5 Å². The lowest BCUT2D eigenvalue weighted by Gasteiger charge is -2.22. The number of carboxylic acids is 1. The molecule has 2 amide bonds. The monoisotopic (exact) mass is 384 g/mol. The highest BCUT2D eigenvalue weighted by molar-refractivity contribution is 5.91. The Morgan fingerprint density at radius 2 is 1.79 bits per heavy atom. The first-order valence-corrected chi connectivity index (χ1v) is 8.50. The zero-order chi connectivity index (χ0) is 19.8. The summed E-state index contributed by atoms with van der Waals surface area (Å²) >= 11 is 0. The molecular formula is C19H16N2O7. The van der Waals surface area contributed by atoms with E-state index in [0.717, 1.165) is 0 Å². The van der Waals surface area contributed by atoms with Crippen molar-refractivity contribution in [3.8, 4) is 23.0 Å². The van der Waals surface area contributed by atoms with Gasteiger partial charge in [0.1, 0.15) is 6.10 Å². The van der Waals surface area contributed by atoms with Gasteiger partial charge in [0.05, 0.1) is 24.3 Å². The predicted molar refractivity (Wildman–Crippen MR) is 96.3 cm³/mol. The molecule has 2 aromatic carbocycles. The minimum Gasteiger partial charge on any atom is -0.478 e. The van der Waals surface area contributed by atoms with E-state index in [1.54, 1.807) is 18.2 Å². The lowest BCUT2D eigenvalue weighted by Crippen LogP contribution is -2.33. The predicted octanol–water partition coefficient (Wildman–Crippen LogP) is 2.74. The van der Waals surface area contributed by atoms with E-state index in [1.807, 2.05) is 0 Å². The Labute approximate surface area is 159 Å². The zero-order valence-electron chi connectivity index (χ0n) is 14.8. The number of fused-ring (bicyclic) bond motifs is 2. The van der Waals surface area contributed by atoms with Crippen LogP contribution >= 0.6 is 0 Å². The van der Waals surface area contributed by atoms with Gasteiger partial charge in [0, 0.05) is 13.0 Å². The number of rotatable bonds is 4. The molecule has 4 rings (SSSR count). The number of anilines is 1. The average Bonchev–Trinajstić information content (AvgIpc) is 3.04. The molecule has 0 aromatic heterocycles. The molecule has 0 aliphatic carbocycles. The zero-order valence-corrected chi connectivity index (χ0v) is 14.8. The van der Waals surface area contributed by atoms with Crippen molar-refractivity contribution in [3.63, 3.8) is 0 Å². The minimum absolute atomic E-state index is 0.0902. The third-order valence-corrected chi connectivity index (χ3v) is 4.32. The Bertz CT molecular complexity index is 988. The van der Waals surface area contributed by atoms with Crippen LogP contribution in [-0.2, 0) is 9.53 Å². The van der Waals surface area contributed by atoms with E-state index in [0.29, 0.717) is 28.7 Å². The van der Waals surface area contributed by atoms with Gasteiger partial charge in [-0.25, -0.2) is 9.59 Å². The van der Waals surface area contributed by atoms with Gasteiger partial charge in [-0.1, -0.05) is 0 Å². The maximum Gasteiger partial charge on any atom is 0.414 e. The molecule has 9 nitrogen and oxygen atoms in total. The molecule has 0 unspecified atom stereocenters. The average molecular weight is 384 g/mol. The van der Waals surface area contributed by atoms with Gasteiger partial charge in [0.2, 0.25) is 5.91 Å². The molecule has 28 heavy (non-hydrogen) atoms. The molecule has 1 atom stereocenters. The van der Waals surface area contributed by atoms with Crippen LogP contribution in [0.15, 0.2) is 36.4 Å². The fourth-order valence-corrected chi connectivity index (χ4v) is 2.97. The highest BCUT2D eigenvalue weighted by atomic mass is 16.6. The number of nitrogens with zero attached hydrogens (tertiary/aromatic N) is 1. The number of aromatic carboxylic acids is 1. The van der Waals surface area contributed by atoms with Crippen molar-refractivity contribution in [2.45, 2.75) is 13.0 Å². The normalized spacial score (nSPS) is 17.0. The van der Waals surface area contributed by atoms with E-state index in [2.05, 4.69) is 5.32 Å². The molecule has 1 saturated heterocycles. The van der Waals surface area contributed by atoms with Gasteiger partial charge < -0.3 is 24.6 Å². The third-order valence-electron chi connectivity index (χ3n) is 4.32. The molecule has 2 aliphatic rings. The second kappa shape index (κ2) is 6.76. The number of carboxylic acid groups (broad SMARTS) is 1. The fourth-order valence-electron chi connectivity index (χ4n) is 2.97. The quantitative estimate of drug-likeness (QED) is 0.711. The molecule has 2 aliphatic heterocycles. The smallest absolute Gasteiger partial charge is 0.414 e.